The van der Waals surface area contributed by atoms with Crippen molar-refractivity contribution in [3.63, 3.8) is 0 Å². The van der Waals surface area contributed by atoms with Crippen LogP contribution in [0.4, 0.5) is 0 Å². The lowest BCUT2D eigenvalue weighted by Crippen LogP contribution is -1.97. The Bertz CT molecular complexity index is 1270. The molecule has 0 atom stereocenters. The molecule has 0 aliphatic rings. The number of nitrogens with zero attached hydrogens (tertiary/aromatic N) is 1. The highest BCUT2D eigenvalue weighted by Gasteiger charge is 2.09. The summed E-state index contributed by atoms with van der Waals surface area (Å²) in [5, 5.41) is 12.8. The molecule has 0 spiro atoms. The van der Waals surface area contributed by atoms with E-state index in [0.717, 1.165) is 31.9 Å². The molecule has 0 radical (unpaired) electrons. The summed E-state index contributed by atoms with van der Waals surface area (Å²) in [7, 11) is 0. The number of nitriles is 1. The average Bonchev–Trinajstić information content (AvgIpc) is 2.77. The first-order valence-electron chi connectivity index (χ1n) is 9.41. The van der Waals surface area contributed by atoms with Crippen LogP contribution in [-0.2, 0) is 6.61 Å². The number of fused-ring (bicyclic) bond motifs is 1. The largest absolute Gasteiger partial charge is 0.488 e. The second-order valence-corrected chi connectivity index (χ2v) is 8.15. The van der Waals surface area contributed by atoms with Crippen LogP contribution in [0, 0.1) is 11.3 Å². The van der Waals surface area contributed by atoms with E-state index in [0.29, 0.717) is 23.0 Å². The summed E-state index contributed by atoms with van der Waals surface area (Å²) in [6.45, 7) is 0.412. The van der Waals surface area contributed by atoms with Crippen LogP contribution in [0.25, 0.3) is 22.4 Å². The quantitative estimate of drug-likeness (QED) is 0.217. The van der Waals surface area contributed by atoms with Crippen molar-refractivity contribution < 1.29 is 4.74 Å². The van der Waals surface area contributed by atoms with Gasteiger partial charge in [0.25, 0.3) is 0 Å². The zero-order chi connectivity index (χ0) is 20.9. The average molecular weight is 475 g/mol. The van der Waals surface area contributed by atoms with Gasteiger partial charge in [-0.05, 0) is 52.7 Å². The molecule has 30 heavy (non-hydrogen) atoms. The van der Waals surface area contributed by atoms with Crippen LogP contribution >= 0.6 is 27.5 Å². The van der Waals surface area contributed by atoms with Crippen molar-refractivity contribution >= 4 is 50.0 Å². The van der Waals surface area contributed by atoms with Gasteiger partial charge in [-0.3, -0.25) is 0 Å². The molecule has 146 valence electrons. The molecule has 4 aromatic rings. The number of hydrogen-bond donors (Lipinski definition) is 0. The Kier molecular flexibility index (Phi) is 6.18. The van der Waals surface area contributed by atoms with Crippen molar-refractivity contribution in [2.75, 3.05) is 0 Å². The predicted molar refractivity (Wildman–Crippen MR) is 127 cm³/mol. The minimum absolute atomic E-state index is 0.412. The van der Waals surface area contributed by atoms with Crippen molar-refractivity contribution in [1.82, 2.24) is 0 Å². The molecule has 0 saturated heterocycles. The summed E-state index contributed by atoms with van der Waals surface area (Å²) in [6, 6.07) is 29.8. The van der Waals surface area contributed by atoms with E-state index in [-0.39, 0.29) is 0 Å². The van der Waals surface area contributed by atoms with Crippen LogP contribution in [0.3, 0.4) is 0 Å². The summed E-state index contributed by atoms with van der Waals surface area (Å²) in [4.78, 5) is 0. The SMILES string of the molecule is N#C/C(=C/c1cc(Br)ccc1OCc1ccc(Cl)cc1)c1cccc2ccccc12. The topological polar surface area (TPSA) is 33.0 Å². The highest BCUT2D eigenvalue weighted by Crippen LogP contribution is 2.31. The van der Waals surface area contributed by atoms with E-state index < -0.39 is 0 Å². The third-order valence-electron chi connectivity index (χ3n) is 4.78. The number of benzene rings is 4. The van der Waals surface area contributed by atoms with Crippen LogP contribution in [0.1, 0.15) is 16.7 Å². The Balaban J connectivity index is 1.71. The molecule has 0 N–H and O–H groups in total. The third-order valence-corrected chi connectivity index (χ3v) is 5.52. The fraction of sp³-hybridized carbons (Fsp3) is 0.0385. The molecule has 0 unspecified atom stereocenters. The standard InChI is InChI=1S/C26H17BrClNO/c27-22-10-13-26(30-17-18-8-11-23(28)12-9-18)20(15-22)14-21(16-29)25-7-3-5-19-4-1-2-6-24(19)25/h1-15H,17H2/b21-14-. The van der Waals surface area contributed by atoms with Gasteiger partial charge in [-0.2, -0.15) is 5.26 Å². The highest BCUT2D eigenvalue weighted by molar-refractivity contribution is 9.10. The zero-order valence-corrected chi connectivity index (χ0v) is 18.3. The molecule has 0 fully saturated rings. The fourth-order valence-electron chi connectivity index (χ4n) is 3.29. The van der Waals surface area contributed by atoms with Crippen LogP contribution < -0.4 is 4.74 Å². The number of ether oxygens (including phenoxy) is 1. The smallest absolute Gasteiger partial charge is 0.127 e. The van der Waals surface area contributed by atoms with Crippen molar-refractivity contribution in [3.8, 4) is 11.8 Å². The summed E-state index contributed by atoms with van der Waals surface area (Å²) >= 11 is 9.49. The van der Waals surface area contributed by atoms with E-state index in [1.807, 2.05) is 91.0 Å². The molecular formula is C26H17BrClNO. The van der Waals surface area contributed by atoms with Crippen LogP contribution in [-0.4, -0.2) is 0 Å². The molecule has 0 heterocycles. The van der Waals surface area contributed by atoms with E-state index >= 15 is 0 Å². The predicted octanol–water partition coefficient (Wildman–Crippen LogP) is 7.90. The third kappa shape index (κ3) is 4.57. The van der Waals surface area contributed by atoms with Crippen molar-refractivity contribution in [3.05, 3.63) is 111 Å². The summed E-state index contributed by atoms with van der Waals surface area (Å²) in [6.07, 6.45) is 1.88. The Hall–Kier alpha value is -3.06. The summed E-state index contributed by atoms with van der Waals surface area (Å²) in [5.74, 6) is 0.709. The molecule has 0 saturated carbocycles. The Labute approximate surface area is 189 Å². The monoisotopic (exact) mass is 473 g/mol. The maximum absolute atomic E-state index is 9.91. The Morgan fingerprint density at radius 2 is 1.73 bits per heavy atom. The minimum Gasteiger partial charge on any atom is -0.488 e. The molecule has 2 nitrogen and oxygen atoms in total. The Morgan fingerprint density at radius 1 is 0.967 bits per heavy atom. The summed E-state index contributed by atoms with van der Waals surface area (Å²) in [5.41, 5.74) is 3.34. The van der Waals surface area contributed by atoms with Gasteiger partial charge in [-0.15, -0.1) is 0 Å². The number of hydrogen-bond acceptors (Lipinski definition) is 2. The van der Waals surface area contributed by atoms with E-state index in [1.54, 1.807) is 0 Å². The first-order chi connectivity index (χ1) is 14.6. The molecule has 0 bridgehead atoms. The van der Waals surface area contributed by atoms with Gasteiger partial charge >= 0.3 is 0 Å². The van der Waals surface area contributed by atoms with Crippen molar-refractivity contribution in [1.29, 1.82) is 5.26 Å². The molecule has 0 aliphatic carbocycles. The van der Waals surface area contributed by atoms with E-state index in [2.05, 4.69) is 22.0 Å². The molecular weight excluding hydrogens is 458 g/mol. The number of halogens is 2. The second-order valence-electron chi connectivity index (χ2n) is 6.79. The van der Waals surface area contributed by atoms with Gasteiger partial charge < -0.3 is 4.74 Å². The lowest BCUT2D eigenvalue weighted by Gasteiger charge is -2.11. The normalized spacial score (nSPS) is 11.3. The minimum atomic E-state index is 0.412. The second kappa shape index (κ2) is 9.17. The van der Waals surface area contributed by atoms with Crippen LogP contribution in [0.5, 0.6) is 5.75 Å². The van der Waals surface area contributed by atoms with Crippen LogP contribution in [0.15, 0.2) is 89.4 Å². The van der Waals surface area contributed by atoms with Gasteiger partial charge in [-0.1, -0.05) is 82.1 Å². The maximum atomic E-state index is 9.91. The zero-order valence-electron chi connectivity index (χ0n) is 16.0. The van der Waals surface area contributed by atoms with Gasteiger partial charge in [-0.25, -0.2) is 0 Å². The summed E-state index contributed by atoms with van der Waals surface area (Å²) < 4.78 is 6.99. The fourth-order valence-corrected chi connectivity index (χ4v) is 3.80. The number of rotatable bonds is 5. The van der Waals surface area contributed by atoms with E-state index in [4.69, 9.17) is 16.3 Å². The molecule has 0 amide bonds. The first-order valence-corrected chi connectivity index (χ1v) is 10.6. The van der Waals surface area contributed by atoms with Crippen LogP contribution in [0.2, 0.25) is 5.02 Å². The maximum Gasteiger partial charge on any atom is 0.127 e. The van der Waals surface area contributed by atoms with E-state index in [1.165, 1.54) is 0 Å². The van der Waals surface area contributed by atoms with Gasteiger partial charge in [0.05, 0.1) is 11.6 Å². The molecule has 0 aromatic heterocycles. The lowest BCUT2D eigenvalue weighted by molar-refractivity contribution is 0.305. The molecule has 4 rings (SSSR count). The molecule has 0 aliphatic heterocycles. The van der Waals surface area contributed by atoms with Gasteiger partial charge in [0.1, 0.15) is 12.4 Å². The molecule has 4 aromatic carbocycles. The van der Waals surface area contributed by atoms with Crippen molar-refractivity contribution in [2.24, 2.45) is 0 Å². The van der Waals surface area contributed by atoms with Gasteiger partial charge in [0.15, 0.2) is 0 Å². The van der Waals surface area contributed by atoms with Gasteiger partial charge in [0.2, 0.25) is 0 Å². The molecule has 4 heteroatoms. The number of allylic oxidation sites excluding steroid dienone is 1. The van der Waals surface area contributed by atoms with Gasteiger partial charge in [0, 0.05) is 20.6 Å². The lowest BCUT2D eigenvalue weighted by atomic mass is 9.97. The highest BCUT2D eigenvalue weighted by atomic mass is 79.9. The van der Waals surface area contributed by atoms with Crippen molar-refractivity contribution in [2.45, 2.75) is 6.61 Å². The van der Waals surface area contributed by atoms with E-state index in [9.17, 15) is 5.26 Å². The first kappa shape index (κ1) is 20.2. The Morgan fingerprint density at radius 3 is 2.53 bits per heavy atom.